The highest BCUT2D eigenvalue weighted by atomic mass is 15.2. The maximum atomic E-state index is 2.65. The molecule has 14 heavy (non-hydrogen) atoms. The van der Waals surface area contributed by atoms with Crippen LogP contribution in [0, 0.1) is 23.7 Å². The average Bonchev–Trinajstić information content (AvgIpc) is 2.76. The molecule has 0 aromatic carbocycles. The third-order valence-corrected chi connectivity index (χ3v) is 4.34. The van der Waals surface area contributed by atoms with E-state index >= 15 is 0 Å². The Morgan fingerprint density at radius 3 is 2.29 bits per heavy atom. The first kappa shape index (κ1) is 10.5. The van der Waals surface area contributed by atoms with Crippen molar-refractivity contribution in [3.8, 4) is 0 Å². The van der Waals surface area contributed by atoms with E-state index in [1.165, 1.54) is 25.9 Å². The zero-order valence-electron chi connectivity index (χ0n) is 10.2. The molecule has 1 nitrogen and oxygen atoms in total. The minimum absolute atomic E-state index is 0.760. The molecular weight excluding hydrogens is 170 g/mol. The molecule has 1 aliphatic carbocycles. The highest BCUT2D eigenvalue weighted by molar-refractivity contribution is 4.96. The van der Waals surface area contributed by atoms with Crippen LogP contribution < -0.4 is 0 Å². The number of hydrogen-bond acceptors (Lipinski definition) is 1. The van der Waals surface area contributed by atoms with Crippen molar-refractivity contribution in [1.82, 2.24) is 4.90 Å². The van der Waals surface area contributed by atoms with Gasteiger partial charge in [0.05, 0.1) is 0 Å². The van der Waals surface area contributed by atoms with Gasteiger partial charge in [-0.05, 0) is 56.9 Å². The Labute approximate surface area is 88.9 Å². The van der Waals surface area contributed by atoms with E-state index in [4.69, 9.17) is 0 Å². The van der Waals surface area contributed by atoms with Crippen LogP contribution in [-0.4, -0.2) is 24.0 Å². The van der Waals surface area contributed by atoms with Crippen molar-refractivity contribution < 1.29 is 0 Å². The van der Waals surface area contributed by atoms with Crippen LogP contribution in [0.5, 0.6) is 0 Å². The highest BCUT2D eigenvalue weighted by Crippen LogP contribution is 2.51. The smallest absolute Gasteiger partial charge is 0.00387 e. The molecular formula is C13H25N. The summed E-state index contributed by atoms with van der Waals surface area (Å²) >= 11 is 0. The first-order valence-electron chi connectivity index (χ1n) is 6.33. The van der Waals surface area contributed by atoms with E-state index in [-0.39, 0.29) is 0 Å². The molecule has 0 radical (unpaired) electrons. The number of hydrogen-bond donors (Lipinski definition) is 0. The average molecular weight is 195 g/mol. The van der Waals surface area contributed by atoms with Crippen LogP contribution in [-0.2, 0) is 0 Å². The van der Waals surface area contributed by atoms with Crippen molar-refractivity contribution in [3.63, 3.8) is 0 Å². The quantitative estimate of drug-likeness (QED) is 0.669. The number of rotatable bonds is 3. The lowest BCUT2D eigenvalue weighted by Gasteiger charge is -2.20. The van der Waals surface area contributed by atoms with Gasteiger partial charge in [-0.3, -0.25) is 0 Å². The molecule has 82 valence electrons. The predicted octanol–water partition coefficient (Wildman–Crippen LogP) is 3.01. The van der Waals surface area contributed by atoms with Crippen LogP contribution in [0.2, 0.25) is 0 Å². The summed E-state index contributed by atoms with van der Waals surface area (Å²) in [5.41, 5.74) is 0. The van der Waals surface area contributed by atoms with Crippen molar-refractivity contribution in [2.24, 2.45) is 23.7 Å². The van der Waals surface area contributed by atoms with Gasteiger partial charge in [0, 0.05) is 12.6 Å². The van der Waals surface area contributed by atoms with Crippen molar-refractivity contribution in [2.75, 3.05) is 13.1 Å². The summed E-state index contributed by atoms with van der Waals surface area (Å²) in [4.78, 5) is 2.65. The van der Waals surface area contributed by atoms with E-state index in [1.807, 2.05) is 0 Å². The Hall–Kier alpha value is -0.0400. The monoisotopic (exact) mass is 195 g/mol. The minimum atomic E-state index is 0.760. The van der Waals surface area contributed by atoms with Gasteiger partial charge in [0.1, 0.15) is 0 Å². The number of likely N-dealkylation sites (tertiary alicyclic amines) is 1. The van der Waals surface area contributed by atoms with Crippen LogP contribution in [0.1, 0.15) is 40.5 Å². The second-order valence-electron chi connectivity index (χ2n) is 5.94. The van der Waals surface area contributed by atoms with Gasteiger partial charge < -0.3 is 4.90 Å². The van der Waals surface area contributed by atoms with E-state index in [1.54, 1.807) is 0 Å². The topological polar surface area (TPSA) is 3.24 Å². The molecule has 1 aliphatic heterocycles. The molecule has 2 aliphatic rings. The molecule has 0 spiro atoms. The van der Waals surface area contributed by atoms with E-state index in [9.17, 15) is 0 Å². The molecule has 0 bridgehead atoms. The maximum Gasteiger partial charge on any atom is 0.00387 e. The summed E-state index contributed by atoms with van der Waals surface area (Å²) in [5, 5.41) is 0. The largest absolute Gasteiger partial charge is 0.301 e. The van der Waals surface area contributed by atoms with Gasteiger partial charge in [-0.15, -0.1) is 0 Å². The van der Waals surface area contributed by atoms with Crippen LogP contribution >= 0.6 is 0 Å². The van der Waals surface area contributed by atoms with Crippen molar-refractivity contribution in [2.45, 2.75) is 46.6 Å². The second kappa shape index (κ2) is 3.84. The Balaban J connectivity index is 1.80. The van der Waals surface area contributed by atoms with E-state index in [0.29, 0.717) is 0 Å². The summed E-state index contributed by atoms with van der Waals surface area (Å²) in [6, 6.07) is 0.760. The molecule has 2 rings (SSSR count). The standard InChI is InChI=1S/C13H25N/c1-9(2)12-7-13(12)11-5-6-14(8-11)10(3)4/h9-13H,5-8H2,1-4H3. The lowest BCUT2D eigenvalue weighted by Crippen LogP contribution is -2.28. The van der Waals surface area contributed by atoms with Crippen LogP contribution in [0.3, 0.4) is 0 Å². The first-order valence-corrected chi connectivity index (χ1v) is 6.33. The highest BCUT2D eigenvalue weighted by Gasteiger charge is 2.46. The molecule has 1 heteroatoms. The zero-order chi connectivity index (χ0) is 10.3. The van der Waals surface area contributed by atoms with E-state index < -0.39 is 0 Å². The SMILES string of the molecule is CC(C)C1CC1C1CCN(C(C)C)C1. The van der Waals surface area contributed by atoms with Gasteiger partial charge in [-0.1, -0.05) is 13.8 Å². The first-order chi connectivity index (χ1) is 6.59. The van der Waals surface area contributed by atoms with Crippen LogP contribution in [0.15, 0.2) is 0 Å². The molecule has 2 fully saturated rings. The summed E-state index contributed by atoms with van der Waals surface area (Å²) in [5.74, 6) is 4.10. The Kier molecular flexibility index (Phi) is 2.88. The molecule has 3 atom stereocenters. The maximum absolute atomic E-state index is 2.65. The summed E-state index contributed by atoms with van der Waals surface area (Å²) < 4.78 is 0. The molecule has 0 amide bonds. The summed E-state index contributed by atoms with van der Waals surface area (Å²) in [6.45, 7) is 12.2. The third-order valence-electron chi connectivity index (χ3n) is 4.34. The lowest BCUT2D eigenvalue weighted by molar-refractivity contribution is 0.257. The van der Waals surface area contributed by atoms with Crippen LogP contribution in [0.25, 0.3) is 0 Å². The van der Waals surface area contributed by atoms with Gasteiger partial charge in [0.2, 0.25) is 0 Å². The van der Waals surface area contributed by atoms with Crippen molar-refractivity contribution in [1.29, 1.82) is 0 Å². The summed E-state index contributed by atoms with van der Waals surface area (Å²) in [6.07, 6.45) is 2.99. The van der Waals surface area contributed by atoms with E-state index in [0.717, 1.165) is 29.7 Å². The van der Waals surface area contributed by atoms with E-state index in [2.05, 4.69) is 32.6 Å². The van der Waals surface area contributed by atoms with Crippen molar-refractivity contribution in [3.05, 3.63) is 0 Å². The molecule has 0 aromatic heterocycles. The predicted molar refractivity (Wildman–Crippen MR) is 61.3 cm³/mol. The second-order valence-corrected chi connectivity index (χ2v) is 5.94. The number of nitrogens with zero attached hydrogens (tertiary/aromatic N) is 1. The minimum Gasteiger partial charge on any atom is -0.301 e. The fraction of sp³-hybridized carbons (Fsp3) is 1.00. The molecule has 0 aromatic rings. The fourth-order valence-corrected chi connectivity index (χ4v) is 3.18. The van der Waals surface area contributed by atoms with Gasteiger partial charge in [-0.2, -0.15) is 0 Å². The molecule has 3 unspecified atom stereocenters. The van der Waals surface area contributed by atoms with Gasteiger partial charge in [0.15, 0.2) is 0 Å². The van der Waals surface area contributed by atoms with Gasteiger partial charge >= 0.3 is 0 Å². The Bertz CT molecular complexity index is 197. The fourth-order valence-electron chi connectivity index (χ4n) is 3.18. The Morgan fingerprint density at radius 2 is 1.86 bits per heavy atom. The third kappa shape index (κ3) is 1.98. The normalized spacial score (nSPS) is 38.6. The van der Waals surface area contributed by atoms with Gasteiger partial charge in [0.25, 0.3) is 0 Å². The molecule has 1 saturated carbocycles. The molecule has 1 heterocycles. The van der Waals surface area contributed by atoms with Crippen molar-refractivity contribution >= 4 is 0 Å². The summed E-state index contributed by atoms with van der Waals surface area (Å²) in [7, 11) is 0. The van der Waals surface area contributed by atoms with Crippen LogP contribution in [0.4, 0.5) is 0 Å². The lowest BCUT2D eigenvalue weighted by atomic mass is 9.97. The van der Waals surface area contributed by atoms with Gasteiger partial charge in [-0.25, -0.2) is 0 Å². The Morgan fingerprint density at radius 1 is 1.14 bits per heavy atom. The molecule has 0 N–H and O–H groups in total. The zero-order valence-corrected chi connectivity index (χ0v) is 10.2. The molecule has 1 saturated heterocycles.